The highest BCUT2D eigenvalue weighted by atomic mass is 16.5. The fourth-order valence-corrected chi connectivity index (χ4v) is 2.82. The minimum absolute atomic E-state index is 0.103. The third-order valence-electron chi connectivity index (χ3n) is 3.82. The number of carbonyl (C=O) groups is 1. The van der Waals surface area contributed by atoms with Gasteiger partial charge in [0.1, 0.15) is 0 Å². The number of ether oxygens (including phenoxy) is 2. The zero-order chi connectivity index (χ0) is 14.4. The number of methoxy groups -OCH3 is 2. The highest BCUT2D eigenvalue weighted by Crippen LogP contribution is 2.23. The van der Waals surface area contributed by atoms with Crippen molar-refractivity contribution in [2.45, 2.75) is 39.3 Å². The third-order valence-corrected chi connectivity index (χ3v) is 3.82. The molecule has 1 fully saturated rings. The summed E-state index contributed by atoms with van der Waals surface area (Å²) in [6, 6.07) is 0.265. The summed E-state index contributed by atoms with van der Waals surface area (Å²) in [4.78, 5) is 16.3. The number of rotatable bonds is 8. The van der Waals surface area contributed by atoms with Crippen LogP contribution in [0.25, 0.3) is 0 Å². The van der Waals surface area contributed by atoms with Crippen molar-refractivity contribution in [2.75, 3.05) is 40.5 Å². The molecule has 5 nitrogen and oxygen atoms in total. The highest BCUT2D eigenvalue weighted by Gasteiger charge is 2.38. The largest absolute Gasteiger partial charge is 0.383 e. The second kappa shape index (κ2) is 7.70. The fraction of sp³-hybridized carbons (Fsp3) is 0.929. The summed E-state index contributed by atoms with van der Waals surface area (Å²) >= 11 is 0. The Morgan fingerprint density at radius 1 is 1.26 bits per heavy atom. The summed E-state index contributed by atoms with van der Waals surface area (Å²) in [5.41, 5.74) is 0. The first-order valence-electron chi connectivity index (χ1n) is 7.14. The van der Waals surface area contributed by atoms with E-state index in [-0.39, 0.29) is 18.2 Å². The lowest BCUT2D eigenvalue weighted by Crippen LogP contribution is -2.49. The standard InChI is InChI=1S/C14H28N2O3/c1-6-12(19-5)13(11(2)3)16-8-7-15(14(16)17)9-10-18-4/h11-13H,6-10H2,1-5H3. The Kier molecular flexibility index (Phi) is 6.58. The van der Waals surface area contributed by atoms with Gasteiger partial charge in [-0.15, -0.1) is 0 Å². The number of carbonyl (C=O) groups excluding carboxylic acids is 1. The fourth-order valence-electron chi connectivity index (χ4n) is 2.82. The Labute approximate surface area is 116 Å². The lowest BCUT2D eigenvalue weighted by molar-refractivity contribution is 0.0122. The van der Waals surface area contributed by atoms with Gasteiger partial charge in [-0.3, -0.25) is 0 Å². The Balaban J connectivity index is 2.73. The van der Waals surface area contributed by atoms with Crippen LogP contribution in [-0.4, -0.2) is 68.4 Å². The van der Waals surface area contributed by atoms with E-state index < -0.39 is 0 Å². The molecule has 0 aromatic carbocycles. The van der Waals surface area contributed by atoms with E-state index in [1.807, 2.05) is 9.80 Å². The van der Waals surface area contributed by atoms with Crippen molar-refractivity contribution in [1.82, 2.24) is 9.80 Å². The molecule has 0 spiro atoms. The predicted molar refractivity (Wildman–Crippen MR) is 75.3 cm³/mol. The summed E-state index contributed by atoms with van der Waals surface area (Å²) in [5, 5.41) is 0. The van der Waals surface area contributed by atoms with Crippen molar-refractivity contribution < 1.29 is 14.3 Å². The van der Waals surface area contributed by atoms with E-state index in [2.05, 4.69) is 20.8 Å². The average molecular weight is 272 g/mol. The third kappa shape index (κ3) is 3.83. The van der Waals surface area contributed by atoms with Crippen LogP contribution in [0.2, 0.25) is 0 Å². The van der Waals surface area contributed by atoms with E-state index in [1.165, 1.54) is 0 Å². The SMILES string of the molecule is CCC(OC)C(C(C)C)N1CCN(CCOC)C1=O. The summed E-state index contributed by atoms with van der Waals surface area (Å²) < 4.78 is 10.6. The molecule has 1 aliphatic rings. The molecular weight excluding hydrogens is 244 g/mol. The second-order valence-electron chi connectivity index (χ2n) is 5.37. The number of hydrogen-bond acceptors (Lipinski definition) is 3. The number of hydrogen-bond donors (Lipinski definition) is 0. The van der Waals surface area contributed by atoms with Crippen molar-refractivity contribution in [3.63, 3.8) is 0 Å². The molecule has 112 valence electrons. The zero-order valence-electron chi connectivity index (χ0n) is 12.9. The summed E-state index contributed by atoms with van der Waals surface area (Å²) in [5.74, 6) is 0.385. The topological polar surface area (TPSA) is 42.0 Å². The molecule has 19 heavy (non-hydrogen) atoms. The number of nitrogens with zero attached hydrogens (tertiary/aromatic N) is 2. The van der Waals surface area contributed by atoms with Crippen molar-refractivity contribution in [3.8, 4) is 0 Å². The Morgan fingerprint density at radius 2 is 1.95 bits per heavy atom. The highest BCUT2D eigenvalue weighted by molar-refractivity contribution is 5.77. The molecule has 0 radical (unpaired) electrons. The van der Waals surface area contributed by atoms with E-state index in [9.17, 15) is 4.79 Å². The van der Waals surface area contributed by atoms with Gasteiger partial charge in [-0.1, -0.05) is 20.8 Å². The minimum Gasteiger partial charge on any atom is -0.383 e. The molecule has 0 bridgehead atoms. The van der Waals surface area contributed by atoms with Gasteiger partial charge >= 0.3 is 6.03 Å². The molecule has 1 heterocycles. The molecule has 2 atom stereocenters. The average Bonchev–Trinajstić information content (AvgIpc) is 2.74. The quantitative estimate of drug-likeness (QED) is 0.677. The molecule has 0 aliphatic carbocycles. The van der Waals surface area contributed by atoms with Crippen molar-refractivity contribution in [3.05, 3.63) is 0 Å². The van der Waals surface area contributed by atoms with E-state index in [0.29, 0.717) is 19.1 Å². The van der Waals surface area contributed by atoms with Crippen LogP contribution < -0.4 is 0 Å². The number of amides is 2. The van der Waals surface area contributed by atoms with E-state index in [4.69, 9.17) is 9.47 Å². The first kappa shape index (κ1) is 16.2. The number of urea groups is 1. The van der Waals surface area contributed by atoms with E-state index >= 15 is 0 Å². The van der Waals surface area contributed by atoms with Crippen LogP contribution in [0.15, 0.2) is 0 Å². The first-order valence-corrected chi connectivity index (χ1v) is 7.14. The predicted octanol–water partition coefficient (Wildman–Crippen LogP) is 1.82. The molecule has 0 N–H and O–H groups in total. The van der Waals surface area contributed by atoms with E-state index in [0.717, 1.165) is 19.5 Å². The molecule has 1 aliphatic heterocycles. The monoisotopic (exact) mass is 272 g/mol. The molecule has 2 unspecified atom stereocenters. The lowest BCUT2D eigenvalue weighted by Gasteiger charge is -2.36. The molecule has 1 rings (SSSR count). The van der Waals surface area contributed by atoms with Crippen LogP contribution in [0.1, 0.15) is 27.2 Å². The Hall–Kier alpha value is -0.810. The van der Waals surface area contributed by atoms with Crippen LogP contribution in [0, 0.1) is 5.92 Å². The van der Waals surface area contributed by atoms with Gasteiger partial charge in [-0.2, -0.15) is 0 Å². The molecular formula is C14H28N2O3. The first-order chi connectivity index (χ1) is 9.06. The normalized spacial score (nSPS) is 19.4. The van der Waals surface area contributed by atoms with Gasteiger partial charge in [-0.05, 0) is 12.3 Å². The molecule has 2 amide bonds. The summed E-state index contributed by atoms with van der Waals surface area (Å²) in [6.07, 6.45) is 1.02. The van der Waals surface area contributed by atoms with Gasteiger partial charge in [0.15, 0.2) is 0 Å². The molecule has 0 aromatic heterocycles. The van der Waals surface area contributed by atoms with Gasteiger partial charge in [0.2, 0.25) is 0 Å². The van der Waals surface area contributed by atoms with Crippen LogP contribution in [0.4, 0.5) is 4.79 Å². The van der Waals surface area contributed by atoms with Crippen LogP contribution in [0.3, 0.4) is 0 Å². The zero-order valence-corrected chi connectivity index (χ0v) is 12.9. The second-order valence-corrected chi connectivity index (χ2v) is 5.37. The lowest BCUT2D eigenvalue weighted by atomic mass is 9.95. The Morgan fingerprint density at radius 3 is 2.42 bits per heavy atom. The maximum Gasteiger partial charge on any atom is 0.320 e. The van der Waals surface area contributed by atoms with E-state index in [1.54, 1.807) is 14.2 Å². The van der Waals surface area contributed by atoms with Gasteiger partial charge in [0.25, 0.3) is 0 Å². The van der Waals surface area contributed by atoms with Gasteiger partial charge in [0, 0.05) is 33.9 Å². The molecule has 1 saturated heterocycles. The van der Waals surface area contributed by atoms with Gasteiger partial charge in [0.05, 0.1) is 18.8 Å². The smallest absolute Gasteiger partial charge is 0.320 e. The summed E-state index contributed by atoms with van der Waals surface area (Å²) in [6.45, 7) is 9.23. The Bertz CT molecular complexity index is 280. The summed E-state index contributed by atoms with van der Waals surface area (Å²) in [7, 11) is 3.39. The van der Waals surface area contributed by atoms with Crippen molar-refractivity contribution in [2.24, 2.45) is 5.92 Å². The van der Waals surface area contributed by atoms with Crippen LogP contribution in [0.5, 0.6) is 0 Å². The maximum atomic E-state index is 12.4. The molecule has 0 saturated carbocycles. The minimum atomic E-state index is 0.103. The maximum absolute atomic E-state index is 12.4. The molecule has 0 aromatic rings. The van der Waals surface area contributed by atoms with Crippen LogP contribution in [-0.2, 0) is 9.47 Å². The van der Waals surface area contributed by atoms with Crippen molar-refractivity contribution in [1.29, 1.82) is 0 Å². The van der Waals surface area contributed by atoms with Gasteiger partial charge < -0.3 is 19.3 Å². The van der Waals surface area contributed by atoms with Crippen molar-refractivity contribution >= 4 is 6.03 Å². The molecule has 5 heteroatoms. The van der Waals surface area contributed by atoms with Gasteiger partial charge in [-0.25, -0.2) is 4.79 Å². The van der Waals surface area contributed by atoms with Crippen LogP contribution >= 0.6 is 0 Å².